The van der Waals surface area contributed by atoms with Crippen LogP contribution in [0.4, 0.5) is 0 Å². The first-order valence-electron chi connectivity index (χ1n) is 8.64. The molecule has 0 aliphatic carbocycles. The van der Waals surface area contributed by atoms with E-state index in [1.54, 1.807) is 4.90 Å². The SMILES string of the molecule is C[C@H]1Cc2cc(/C=C3/SC(=S)N([C@@H](C)c4ccccc4)C3=O)ccc2O1. The van der Waals surface area contributed by atoms with Crippen molar-refractivity contribution in [2.45, 2.75) is 32.4 Å². The molecule has 0 aromatic heterocycles. The van der Waals surface area contributed by atoms with Gasteiger partial charge in [0.2, 0.25) is 0 Å². The van der Waals surface area contributed by atoms with E-state index in [1.165, 1.54) is 17.3 Å². The lowest BCUT2D eigenvalue weighted by atomic mass is 10.1. The molecule has 0 N–H and O–H groups in total. The molecule has 0 radical (unpaired) electrons. The van der Waals surface area contributed by atoms with E-state index >= 15 is 0 Å². The van der Waals surface area contributed by atoms with Gasteiger partial charge in [-0.05, 0) is 48.7 Å². The standard InChI is InChI=1S/C21H19NO2S2/c1-13-10-17-11-15(8-9-18(17)24-13)12-19-20(23)22(21(25)26-19)14(2)16-6-4-3-5-7-16/h3-9,11-14H,10H2,1-2H3/b19-12+/t13-,14-/m0/s1. The number of ether oxygens (including phenoxy) is 1. The number of benzene rings is 2. The van der Waals surface area contributed by atoms with Gasteiger partial charge in [0.05, 0.1) is 10.9 Å². The third-order valence-electron chi connectivity index (χ3n) is 4.71. The number of hydrogen-bond donors (Lipinski definition) is 0. The maximum Gasteiger partial charge on any atom is 0.266 e. The van der Waals surface area contributed by atoms with E-state index in [1.807, 2.05) is 55.5 Å². The molecule has 5 heteroatoms. The predicted octanol–water partition coefficient (Wildman–Crippen LogP) is 4.97. The summed E-state index contributed by atoms with van der Waals surface area (Å²) in [6, 6.07) is 16.0. The molecule has 0 spiro atoms. The van der Waals surface area contributed by atoms with Crippen LogP contribution in [0.5, 0.6) is 5.75 Å². The fourth-order valence-corrected chi connectivity index (χ4v) is 4.80. The van der Waals surface area contributed by atoms with Gasteiger partial charge in [0.15, 0.2) is 0 Å². The summed E-state index contributed by atoms with van der Waals surface area (Å²) in [5.41, 5.74) is 3.28. The molecular formula is C21H19NO2S2. The first kappa shape index (κ1) is 17.3. The monoisotopic (exact) mass is 381 g/mol. The van der Waals surface area contributed by atoms with E-state index in [-0.39, 0.29) is 18.1 Å². The Labute approximate surface area is 163 Å². The highest BCUT2D eigenvalue weighted by molar-refractivity contribution is 8.26. The van der Waals surface area contributed by atoms with Gasteiger partial charge in [-0.3, -0.25) is 9.69 Å². The van der Waals surface area contributed by atoms with Gasteiger partial charge in [0.25, 0.3) is 5.91 Å². The van der Waals surface area contributed by atoms with Crippen LogP contribution in [0.3, 0.4) is 0 Å². The Kier molecular flexibility index (Phi) is 4.59. The van der Waals surface area contributed by atoms with Crippen LogP contribution in [-0.2, 0) is 11.2 Å². The number of hydrogen-bond acceptors (Lipinski definition) is 4. The summed E-state index contributed by atoms with van der Waals surface area (Å²) < 4.78 is 6.35. The fourth-order valence-electron chi connectivity index (χ4n) is 3.38. The van der Waals surface area contributed by atoms with Crippen molar-refractivity contribution in [1.29, 1.82) is 0 Å². The molecule has 2 aromatic rings. The van der Waals surface area contributed by atoms with Crippen molar-refractivity contribution >= 4 is 40.3 Å². The van der Waals surface area contributed by atoms with Crippen LogP contribution in [0.25, 0.3) is 6.08 Å². The molecule has 2 atom stereocenters. The maximum atomic E-state index is 12.9. The molecule has 1 saturated heterocycles. The van der Waals surface area contributed by atoms with E-state index in [0.29, 0.717) is 9.23 Å². The first-order valence-corrected chi connectivity index (χ1v) is 9.87. The molecule has 1 amide bonds. The van der Waals surface area contributed by atoms with Crippen molar-refractivity contribution < 1.29 is 9.53 Å². The Bertz CT molecular complexity index is 907. The lowest BCUT2D eigenvalue weighted by molar-refractivity contribution is -0.123. The van der Waals surface area contributed by atoms with E-state index in [2.05, 4.69) is 13.0 Å². The molecule has 2 aliphatic heterocycles. The Morgan fingerprint density at radius 2 is 2.04 bits per heavy atom. The lowest BCUT2D eigenvalue weighted by Crippen LogP contribution is -2.30. The van der Waals surface area contributed by atoms with Crippen LogP contribution in [0.1, 0.15) is 36.6 Å². The number of thiocarbonyl (C=S) groups is 1. The molecule has 2 aromatic carbocycles. The van der Waals surface area contributed by atoms with Crippen LogP contribution in [0, 0.1) is 0 Å². The van der Waals surface area contributed by atoms with E-state index in [9.17, 15) is 4.79 Å². The second kappa shape index (κ2) is 6.89. The van der Waals surface area contributed by atoms with E-state index in [4.69, 9.17) is 17.0 Å². The van der Waals surface area contributed by atoms with E-state index < -0.39 is 0 Å². The summed E-state index contributed by atoms with van der Waals surface area (Å²) in [6.07, 6.45) is 3.05. The zero-order chi connectivity index (χ0) is 18.3. The Morgan fingerprint density at radius 1 is 1.27 bits per heavy atom. The number of fused-ring (bicyclic) bond motifs is 1. The number of thioether (sulfide) groups is 1. The molecule has 26 heavy (non-hydrogen) atoms. The van der Waals surface area contributed by atoms with Crippen LogP contribution in [0.15, 0.2) is 53.4 Å². The molecule has 2 aliphatic rings. The van der Waals surface area contributed by atoms with Gasteiger partial charge >= 0.3 is 0 Å². The first-order chi connectivity index (χ1) is 12.5. The highest BCUT2D eigenvalue weighted by atomic mass is 32.2. The minimum Gasteiger partial charge on any atom is -0.490 e. The highest BCUT2D eigenvalue weighted by Gasteiger charge is 2.36. The number of carbonyl (C=O) groups excluding carboxylic acids is 1. The third kappa shape index (κ3) is 3.17. The Balaban J connectivity index is 1.59. The number of amides is 1. The minimum absolute atomic E-state index is 0.0264. The predicted molar refractivity (Wildman–Crippen MR) is 110 cm³/mol. The fraction of sp³-hybridized carbons (Fsp3) is 0.238. The van der Waals surface area contributed by atoms with Crippen LogP contribution in [-0.4, -0.2) is 21.2 Å². The molecular weight excluding hydrogens is 362 g/mol. The Hall–Kier alpha value is -2.11. The average molecular weight is 382 g/mol. The van der Waals surface area contributed by atoms with Crippen molar-refractivity contribution in [2.75, 3.05) is 0 Å². The molecule has 1 fully saturated rings. The summed E-state index contributed by atoms with van der Waals surface area (Å²) in [4.78, 5) is 15.3. The number of carbonyl (C=O) groups is 1. The second-order valence-electron chi connectivity index (χ2n) is 6.64. The molecule has 0 bridgehead atoms. The van der Waals surface area contributed by atoms with Gasteiger partial charge in [-0.25, -0.2) is 0 Å². The van der Waals surface area contributed by atoms with Crippen LogP contribution < -0.4 is 4.74 Å². The van der Waals surface area contributed by atoms with Crippen molar-refractivity contribution in [1.82, 2.24) is 4.90 Å². The molecule has 0 unspecified atom stereocenters. The zero-order valence-electron chi connectivity index (χ0n) is 14.6. The van der Waals surface area contributed by atoms with Crippen molar-refractivity contribution in [3.05, 3.63) is 70.1 Å². The van der Waals surface area contributed by atoms with Gasteiger partial charge in [0, 0.05) is 6.42 Å². The Morgan fingerprint density at radius 3 is 2.81 bits per heavy atom. The van der Waals surface area contributed by atoms with Crippen LogP contribution in [0.2, 0.25) is 0 Å². The topological polar surface area (TPSA) is 29.5 Å². The maximum absolute atomic E-state index is 12.9. The summed E-state index contributed by atoms with van der Waals surface area (Å²) in [5, 5.41) is 0. The van der Waals surface area contributed by atoms with Crippen molar-refractivity contribution in [3.8, 4) is 5.75 Å². The normalized spacial score (nSPS) is 21.8. The van der Waals surface area contributed by atoms with Gasteiger partial charge in [-0.15, -0.1) is 0 Å². The largest absolute Gasteiger partial charge is 0.490 e. The number of rotatable bonds is 3. The van der Waals surface area contributed by atoms with Gasteiger partial charge in [-0.2, -0.15) is 0 Å². The summed E-state index contributed by atoms with van der Waals surface area (Å²) in [5.74, 6) is 0.918. The zero-order valence-corrected chi connectivity index (χ0v) is 16.3. The molecule has 2 heterocycles. The summed E-state index contributed by atoms with van der Waals surface area (Å²) in [6.45, 7) is 4.08. The summed E-state index contributed by atoms with van der Waals surface area (Å²) >= 11 is 6.86. The van der Waals surface area contributed by atoms with Crippen LogP contribution >= 0.6 is 24.0 Å². The molecule has 132 valence electrons. The molecule has 3 nitrogen and oxygen atoms in total. The smallest absolute Gasteiger partial charge is 0.266 e. The van der Waals surface area contributed by atoms with Gasteiger partial charge in [0.1, 0.15) is 16.2 Å². The number of nitrogens with zero attached hydrogens (tertiary/aromatic N) is 1. The minimum atomic E-state index is -0.0797. The van der Waals surface area contributed by atoms with E-state index in [0.717, 1.165) is 23.3 Å². The van der Waals surface area contributed by atoms with Gasteiger partial charge < -0.3 is 4.74 Å². The lowest BCUT2D eigenvalue weighted by Gasteiger charge is -2.23. The van der Waals surface area contributed by atoms with Gasteiger partial charge in [-0.1, -0.05) is 60.4 Å². The van der Waals surface area contributed by atoms with Crippen molar-refractivity contribution in [3.63, 3.8) is 0 Å². The average Bonchev–Trinajstić information content (AvgIpc) is 3.13. The highest BCUT2D eigenvalue weighted by Crippen LogP contribution is 2.38. The third-order valence-corrected chi connectivity index (χ3v) is 6.04. The molecule has 0 saturated carbocycles. The summed E-state index contributed by atoms with van der Waals surface area (Å²) in [7, 11) is 0. The van der Waals surface area contributed by atoms with Crippen molar-refractivity contribution in [2.24, 2.45) is 0 Å². The molecule has 4 rings (SSSR count). The second-order valence-corrected chi connectivity index (χ2v) is 8.31. The quantitative estimate of drug-likeness (QED) is 0.554.